The van der Waals surface area contributed by atoms with E-state index >= 15 is 0 Å². The Morgan fingerprint density at radius 2 is 2.06 bits per heavy atom. The van der Waals surface area contributed by atoms with Gasteiger partial charge in [0.05, 0.1) is 6.54 Å². The molecule has 0 bridgehead atoms. The fraction of sp³-hybridized carbons (Fsp3) is 0.467. The van der Waals surface area contributed by atoms with E-state index in [2.05, 4.69) is 32.0 Å². The van der Waals surface area contributed by atoms with Gasteiger partial charge in [0.1, 0.15) is 11.3 Å². The normalized spacial score (nSPS) is 11.2. The third-order valence-corrected chi connectivity index (χ3v) is 3.30. The fourth-order valence-corrected chi connectivity index (χ4v) is 2.34. The van der Waals surface area contributed by atoms with Crippen LogP contribution in [0.4, 0.5) is 0 Å². The predicted octanol–water partition coefficient (Wildman–Crippen LogP) is 3.80. The van der Waals surface area contributed by atoms with Gasteiger partial charge in [-0.1, -0.05) is 26.3 Å². The number of benzene rings is 1. The van der Waals surface area contributed by atoms with Crippen molar-refractivity contribution in [3.05, 3.63) is 35.1 Å². The van der Waals surface area contributed by atoms with E-state index < -0.39 is 0 Å². The Morgan fingerprint density at radius 1 is 1.24 bits per heavy atom. The molecule has 1 aromatic carbocycles. The highest BCUT2D eigenvalue weighted by molar-refractivity contribution is 5.83. The van der Waals surface area contributed by atoms with Crippen molar-refractivity contribution in [2.75, 3.05) is 0 Å². The van der Waals surface area contributed by atoms with Crippen molar-refractivity contribution in [2.45, 2.75) is 46.1 Å². The van der Waals surface area contributed by atoms with Crippen molar-refractivity contribution >= 4 is 11.0 Å². The lowest BCUT2D eigenvalue weighted by Crippen LogP contribution is -1.97. The number of unbranched alkanes of at least 4 members (excludes halogenated alkanes) is 1. The van der Waals surface area contributed by atoms with Gasteiger partial charge in [-0.05, 0) is 37.0 Å². The molecule has 2 N–H and O–H groups in total. The lowest BCUT2D eigenvalue weighted by molar-refractivity contribution is 0.546. The average molecular weight is 231 g/mol. The van der Waals surface area contributed by atoms with E-state index in [0.717, 1.165) is 24.2 Å². The Balaban J connectivity index is 2.43. The summed E-state index contributed by atoms with van der Waals surface area (Å²) in [6.45, 7) is 4.87. The highest BCUT2D eigenvalue weighted by Crippen LogP contribution is 2.27. The first-order valence-electron chi connectivity index (χ1n) is 6.53. The maximum absolute atomic E-state index is 5.77. The fourth-order valence-electron chi connectivity index (χ4n) is 2.34. The van der Waals surface area contributed by atoms with Crippen LogP contribution in [0.1, 0.15) is 43.6 Å². The van der Waals surface area contributed by atoms with Crippen LogP contribution in [0.2, 0.25) is 0 Å². The molecule has 0 spiro atoms. The molecule has 0 aliphatic heterocycles. The van der Waals surface area contributed by atoms with Crippen LogP contribution in [0.15, 0.2) is 22.6 Å². The first-order chi connectivity index (χ1) is 8.30. The molecular weight excluding hydrogens is 210 g/mol. The van der Waals surface area contributed by atoms with Crippen LogP contribution in [-0.2, 0) is 19.4 Å². The molecule has 1 heterocycles. The number of hydrogen-bond donors (Lipinski definition) is 1. The Hall–Kier alpha value is -1.28. The minimum atomic E-state index is 0.488. The summed E-state index contributed by atoms with van der Waals surface area (Å²) in [6, 6.07) is 6.52. The summed E-state index contributed by atoms with van der Waals surface area (Å²) in [4.78, 5) is 0. The van der Waals surface area contributed by atoms with E-state index in [-0.39, 0.29) is 0 Å². The lowest BCUT2D eigenvalue weighted by Gasteiger charge is -2.00. The molecule has 2 aromatic rings. The smallest absolute Gasteiger partial charge is 0.134 e. The zero-order chi connectivity index (χ0) is 12.3. The van der Waals surface area contributed by atoms with Gasteiger partial charge < -0.3 is 10.2 Å². The third kappa shape index (κ3) is 2.37. The SMILES string of the molecule is CCCCc1ccc2oc(CN)c(CC)c2c1. The quantitative estimate of drug-likeness (QED) is 0.850. The Bertz CT molecular complexity index is 499. The summed E-state index contributed by atoms with van der Waals surface area (Å²) >= 11 is 0. The number of furan rings is 1. The molecule has 0 fully saturated rings. The molecule has 0 atom stereocenters. The minimum absolute atomic E-state index is 0.488. The highest BCUT2D eigenvalue weighted by Gasteiger charge is 2.11. The van der Waals surface area contributed by atoms with Crippen molar-refractivity contribution < 1.29 is 4.42 Å². The van der Waals surface area contributed by atoms with Crippen molar-refractivity contribution in [3.8, 4) is 0 Å². The van der Waals surface area contributed by atoms with Gasteiger partial charge >= 0.3 is 0 Å². The minimum Gasteiger partial charge on any atom is -0.459 e. The van der Waals surface area contributed by atoms with E-state index in [1.54, 1.807) is 0 Å². The van der Waals surface area contributed by atoms with E-state index in [4.69, 9.17) is 10.2 Å². The molecule has 2 nitrogen and oxygen atoms in total. The molecule has 17 heavy (non-hydrogen) atoms. The van der Waals surface area contributed by atoms with Crippen molar-refractivity contribution in [1.82, 2.24) is 0 Å². The van der Waals surface area contributed by atoms with Gasteiger partial charge in [-0.15, -0.1) is 0 Å². The lowest BCUT2D eigenvalue weighted by atomic mass is 10.0. The summed E-state index contributed by atoms with van der Waals surface area (Å²) in [5.41, 5.74) is 9.37. The summed E-state index contributed by atoms with van der Waals surface area (Å²) in [5, 5.41) is 1.25. The van der Waals surface area contributed by atoms with Gasteiger partial charge in [0.15, 0.2) is 0 Å². The summed E-state index contributed by atoms with van der Waals surface area (Å²) in [5.74, 6) is 0.940. The number of nitrogens with two attached hydrogens (primary N) is 1. The van der Waals surface area contributed by atoms with Crippen LogP contribution >= 0.6 is 0 Å². The van der Waals surface area contributed by atoms with E-state index in [1.807, 2.05) is 0 Å². The van der Waals surface area contributed by atoms with E-state index in [1.165, 1.54) is 29.4 Å². The van der Waals surface area contributed by atoms with Crippen molar-refractivity contribution in [3.63, 3.8) is 0 Å². The largest absolute Gasteiger partial charge is 0.459 e. The molecule has 0 radical (unpaired) electrons. The Labute approximate surface area is 103 Å². The first-order valence-corrected chi connectivity index (χ1v) is 6.53. The topological polar surface area (TPSA) is 39.2 Å². The van der Waals surface area contributed by atoms with Crippen molar-refractivity contribution in [1.29, 1.82) is 0 Å². The van der Waals surface area contributed by atoms with Gasteiger partial charge in [0.2, 0.25) is 0 Å². The first kappa shape index (κ1) is 12.2. The zero-order valence-corrected chi connectivity index (χ0v) is 10.8. The van der Waals surface area contributed by atoms with Gasteiger partial charge in [0, 0.05) is 10.9 Å². The van der Waals surface area contributed by atoms with Crippen LogP contribution in [0.5, 0.6) is 0 Å². The summed E-state index contributed by atoms with van der Waals surface area (Å²) < 4.78 is 5.77. The second kappa shape index (κ2) is 5.37. The van der Waals surface area contributed by atoms with Crippen molar-refractivity contribution in [2.24, 2.45) is 5.73 Å². The van der Waals surface area contributed by atoms with E-state index in [9.17, 15) is 0 Å². The monoisotopic (exact) mass is 231 g/mol. The van der Waals surface area contributed by atoms with Gasteiger partial charge in [-0.25, -0.2) is 0 Å². The zero-order valence-electron chi connectivity index (χ0n) is 10.8. The Morgan fingerprint density at radius 3 is 2.71 bits per heavy atom. The molecular formula is C15H21NO. The van der Waals surface area contributed by atoms with Gasteiger partial charge in [-0.2, -0.15) is 0 Å². The molecule has 2 rings (SSSR count). The average Bonchev–Trinajstić information content (AvgIpc) is 2.72. The summed E-state index contributed by atoms with van der Waals surface area (Å²) in [7, 11) is 0. The molecule has 0 amide bonds. The molecule has 0 aliphatic carbocycles. The number of aryl methyl sites for hydroxylation is 2. The van der Waals surface area contributed by atoms with Gasteiger partial charge in [0.25, 0.3) is 0 Å². The molecule has 2 heteroatoms. The summed E-state index contributed by atoms with van der Waals surface area (Å²) in [6.07, 6.45) is 4.61. The van der Waals surface area contributed by atoms with Crippen LogP contribution in [0, 0.1) is 0 Å². The maximum atomic E-state index is 5.77. The number of fused-ring (bicyclic) bond motifs is 1. The predicted molar refractivity (Wildman–Crippen MR) is 72.1 cm³/mol. The van der Waals surface area contributed by atoms with Gasteiger partial charge in [-0.3, -0.25) is 0 Å². The third-order valence-electron chi connectivity index (χ3n) is 3.30. The number of rotatable bonds is 5. The maximum Gasteiger partial charge on any atom is 0.134 e. The molecule has 0 unspecified atom stereocenters. The molecule has 1 aromatic heterocycles. The molecule has 0 saturated carbocycles. The molecule has 92 valence electrons. The van der Waals surface area contributed by atoms with E-state index in [0.29, 0.717) is 6.54 Å². The Kier molecular flexibility index (Phi) is 3.85. The molecule has 0 saturated heterocycles. The van der Waals surface area contributed by atoms with Crippen LogP contribution < -0.4 is 5.73 Å². The standard InChI is InChI=1S/C15H21NO/c1-3-5-6-11-7-8-14-13(9-11)12(4-2)15(10-16)17-14/h7-9H,3-6,10,16H2,1-2H3. The second-order valence-corrected chi connectivity index (χ2v) is 4.50. The molecule has 0 aliphatic rings. The van der Waals surface area contributed by atoms with Crippen LogP contribution in [0.25, 0.3) is 11.0 Å². The van der Waals surface area contributed by atoms with Crippen LogP contribution in [0.3, 0.4) is 0 Å². The second-order valence-electron chi connectivity index (χ2n) is 4.50. The van der Waals surface area contributed by atoms with Crippen LogP contribution in [-0.4, -0.2) is 0 Å². The number of hydrogen-bond acceptors (Lipinski definition) is 2. The highest BCUT2D eigenvalue weighted by atomic mass is 16.3.